The largest absolute Gasteiger partial charge is 0.368 e. The molecular formula is C23H27FN4O. The summed E-state index contributed by atoms with van der Waals surface area (Å²) in [6.45, 7) is 7.14. The molecule has 1 atom stereocenters. The third-order valence-corrected chi connectivity index (χ3v) is 5.79. The number of aryl methyl sites for hydroxylation is 1. The minimum atomic E-state index is -0.223. The quantitative estimate of drug-likeness (QED) is 0.740. The molecule has 6 heteroatoms. The first-order valence-electron chi connectivity index (χ1n) is 10.0. The zero-order valence-electron chi connectivity index (χ0n) is 17.2. The number of nitrogens with zero attached hydrogens (tertiary/aromatic N) is 3. The molecule has 1 saturated heterocycles. The van der Waals surface area contributed by atoms with Crippen molar-refractivity contribution < 1.29 is 4.39 Å². The molecule has 1 aliphatic heterocycles. The molecule has 0 bridgehead atoms. The molecule has 152 valence electrons. The summed E-state index contributed by atoms with van der Waals surface area (Å²) in [4.78, 5) is 17.6. The molecule has 2 heterocycles. The van der Waals surface area contributed by atoms with E-state index in [0.717, 1.165) is 54.2 Å². The summed E-state index contributed by atoms with van der Waals surface area (Å²) in [5.41, 5.74) is 9.28. The van der Waals surface area contributed by atoms with Crippen LogP contribution in [-0.4, -0.2) is 30.7 Å². The average Bonchev–Trinajstić information content (AvgIpc) is 2.71. The monoisotopic (exact) mass is 394 g/mol. The van der Waals surface area contributed by atoms with E-state index in [1.165, 1.54) is 12.1 Å². The van der Waals surface area contributed by atoms with Crippen LogP contribution >= 0.6 is 0 Å². The molecule has 1 aromatic heterocycles. The van der Waals surface area contributed by atoms with E-state index in [2.05, 4.69) is 21.9 Å². The lowest BCUT2D eigenvalue weighted by Crippen LogP contribution is -2.48. The number of aromatic nitrogens is 1. The molecule has 1 aliphatic rings. The second-order valence-electron chi connectivity index (χ2n) is 7.92. The number of benzene rings is 2. The highest BCUT2D eigenvalue weighted by Crippen LogP contribution is 2.28. The first kappa shape index (κ1) is 19.5. The first-order valence-corrected chi connectivity index (χ1v) is 10.0. The SMILES string of the molecule is Cc1cc([C@@H](C)N)c2cc(N3CCN(c4ccc(F)cc4)CC3)n(C)c(=O)c2c1. The van der Waals surface area contributed by atoms with E-state index in [4.69, 9.17) is 5.73 Å². The van der Waals surface area contributed by atoms with Gasteiger partial charge in [-0.3, -0.25) is 9.36 Å². The van der Waals surface area contributed by atoms with Crippen LogP contribution in [0, 0.1) is 12.7 Å². The summed E-state index contributed by atoms with van der Waals surface area (Å²) < 4.78 is 14.9. The van der Waals surface area contributed by atoms with E-state index in [0.29, 0.717) is 5.39 Å². The third-order valence-electron chi connectivity index (χ3n) is 5.79. The highest BCUT2D eigenvalue weighted by Gasteiger charge is 2.21. The molecule has 0 aliphatic carbocycles. The fourth-order valence-corrected chi connectivity index (χ4v) is 4.20. The van der Waals surface area contributed by atoms with Gasteiger partial charge in [0.05, 0.1) is 0 Å². The number of piperazine rings is 1. The second-order valence-corrected chi connectivity index (χ2v) is 7.92. The van der Waals surface area contributed by atoms with Crippen LogP contribution in [0.15, 0.2) is 47.3 Å². The standard InChI is InChI=1S/C23H27FN4O/c1-15-12-19(16(2)25)20-14-22(26(3)23(29)21(20)13-15)28-10-8-27(9-11-28)18-6-4-17(24)5-7-18/h4-7,12-14,16H,8-11,25H2,1-3H3/t16-/m1/s1. The fourth-order valence-electron chi connectivity index (χ4n) is 4.20. The number of hydrogen-bond acceptors (Lipinski definition) is 4. The van der Waals surface area contributed by atoms with Gasteiger partial charge in [0.25, 0.3) is 5.56 Å². The molecule has 1 fully saturated rings. The first-order chi connectivity index (χ1) is 13.8. The molecule has 29 heavy (non-hydrogen) atoms. The van der Waals surface area contributed by atoms with Gasteiger partial charge in [-0.1, -0.05) is 6.07 Å². The van der Waals surface area contributed by atoms with Crippen molar-refractivity contribution in [1.82, 2.24) is 4.57 Å². The van der Waals surface area contributed by atoms with Crippen LogP contribution in [0.1, 0.15) is 24.1 Å². The maximum atomic E-state index is 13.2. The van der Waals surface area contributed by atoms with Gasteiger partial charge in [0, 0.05) is 50.3 Å². The molecule has 2 N–H and O–H groups in total. The molecule has 2 aromatic carbocycles. The van der Waals surface area contributed by atoms with E-state index in [1.54, 1.807) is 4.57 Å². The van der Waals surface area contributed by atoms with Crippen molar-refractivity contribution in [2.75, 3.05) is 36.0 Å². The Morgan fingerprint density at radius 3 is 2.21 bits per heavy atom. The third kappa shape index (κ3) is 3.60. The molecule has 0 radical (unpaired) electrons. The molecule has 0 unspecified atom stereocenters. The topological polar surface area (TPSA) is 54.5 Å². The fraction of sp³-hybridized carbons (Fsp3) is 0.348. The minimum Gasteiger partial charge on any atom is -0.368 e. The lowest BCUT2D eigenvalue weighted by atomic mass is 9.98. The summed E-state index contributed by atoms with van der Waals surface area (Å²) in [6, 6.07) is 12.6. The van der Waals surface area contributed by atoms with Crippen molar-refractivity contribution >= 4 is 22.3 Å². The number of anilines is 2. The van der Waals surface area contributed by atoms with Crippen LogP contribution in [0.2, 0.25) is 0 Å². The Bertz CT molecular complexity index is 1100. The summed E-state index contributed by atoms with van der Waals surface area (Å²) in [5.74, 6) is 0.686. The normalized spacial score (nSPS) is 15.8. The Balaban J connectivity index is 1.67. The predicted octanol–water partition coefficient (Wildman–Crippen LogP) is 3.33. The van der Waals surface area contributed by atoms with Gasteiger partial charge in [-0.15, -0.1) is 0 Å². The van der Waals surface area contributed by atoms with Gasteiger partial charge in [0.1, 0.15) is 11.6 Å². The smallest absolute Gasteiger partial charge is 0.259 e. The van der Waals surface area contributed by atoms with Crippen molar-refractivity contribution in [2.45, 2.75) is 19.9 Å². The lowest BCUT2D eigenvalue weighted by Gasteiger charge is -2.38. The number of rotatable bonds is 3. The molecule has 3 aromatic rings. The van der Waals surface area contributed by atoms with E-state index in [1.807, 2.05) is 39.1 Å². The van der Waals surface area contributed by atoms with Crippen LogP contribution in [0.25, 0.3) is 10.8 Å². The molecule has 5 nitrogen and oxygen atoms in total. The maximum absolute atomic E-state index is 13.2. The zero-order chi connectivity index (χ0) is 20.7. The number of hydrogen-bond donors (Lipinski definition) is 1. The highest BCUT2D eigenvalue weighted by atomic mass is 19.1. The lowest BCUT2D eigenvalue weighted by molar-refractivity contribution is 0.621. The molecule has 0 saturated carbocycles. The van der Waals surface area contributed by atoms with E-state index in [9.17, 15) is 9.18 Å². The van der Waals surface area contributed by atoms with Gasteiger partial charge in [-0.05, 0) is 66.8 Å². The molecule has 0 amide bonds. The number of pyridine rings is 1. The van der Waals surface area contributed by atoms with Crippen LogP contribution in [0.3, 0.4) is 0 Å². The van der Waals surface area contributed by atoms with Gasteiger partial charge >= 0.3 is 0 Å². The van der Waals surface area contributed by atoms with E-state index >= 15 is 0 Å². The minimum absolute atomic E-state index is 0.00376. The number of halogens is 1. The van der Waals surface area contributed by atoms with Crippen molar-refractivity contribution in [3.8, 4) is 0 Å². The Kier molecular flexibility index (Phi) is 5.04. The highest BCUT2D eigenvalue weighted by molar-refractivity contribution is 5.88. The van der Waals surface area contributed by atoms with Crippen LogP contribution in [0.5, 0.6) is 0 Å². The van der Waals surface area contributed by atoms with Crippen molar-refractivity contribution in [1.29, 1.82) is 0 Å². The summed E-state index contributed by atoms with van der Waals surface area (Å²) in [6.07, 6.45) is 0. The van der Waals surface area contributed by atoms with Crippen LogP contribution in [0.4, 0.5) is 15.9 Å². The summed E-state index contributed by atoms with van der Waals surface area (Å²) in [5, 5.41) is 1.65. The van der Waals surface area contributed by atoms with Crippen molar-refractivity contribution in [3.05, 3.63) is 69.8 Å². The predicted molar refractivity (Wildman–Crippen MR) is 117 cm³/mol. The Morgan fingerprint density at radius 2 is 1.59 bits per heavy atom. The van der Waals surface area contributed by atoms with Gasteiger partial charge in [-0.25, -0.2) is 4.39 Å². The van der Waals surface area contributed by atoms with Crippen molar-refractivity contribution in [2.24, 2.45) is 12.8 Å². The van der Waals surface area contributed by atoms with Gasteiger partial charge in [0.15, 0.2) is 0 Å². The average molecular weight is 394 g/mol. The maximum Gasteiger partial charge on any atom is 0.259 e. The summed E-state index contributed by atoms with van der Waals surface area (Å²) in [7, 11) is 1.83. The Morgan fingerprint density at radius 1 is 0.966 bits per heavy atom. The van der Waals surface area contributed by atoms with Gasteiger partial charge in [0.2, 0.25) is 0 Å². The van der Waals surface area contributed by atoms with Gasteiger partial charge < -0.3 is 15.5 Å². The van der Waals surface area contributed by atoms with Gasteiger partial charge in [-0.2, -0.15) is 0 Å². The molecule has 4 rings (SSSR count). The van der Waals surface area contributed by atoms with Crippen molar-refractivity contribution in [3.63, 3.8) is 0 Å². The second kappa shape index (κ2) is 7.52. The van der Waals surface area contributed by atoms with E-state index in [-0.39, 0.29) is 17.4 Å². The number of nitrogens with two attached hydrogens (primary N) is 1. The molecule has 0 spiro atoms. The molecular weight excluding hydrogens is 367 g/mol. The summed E-state index contributed by atoms with van der Waals surface area (Å²) >= 11 is 0. The Hall–Kier alpha value is -2.86. The van der Waals surface area contributed by atoms with Crippen LogP contribution < -0.4 is 21.1 Å². The van der Waals surface area contributed by atoms with Crippen LogP contribution in [-0.2, 0) is 7.05 Å². The zero-order valence-corrected chi connectivity index (χ0v) is 17.2. The van der Waals surface area contributed by atoms with E-state index < -0.39 is 0 Å². The Labute approximate surface area is 170 Å². The number of fused-ring (bicyclic) bond motifs is 1.